The molecule has 120 valence electrons. The Bertz CT molecular complexity index is 811. The number of nitriles is 1. The topological polar surface area (TPSA) is 74.1 Å². The van der Waals surface area contributed by atoms with Gasteiger partial charge in [0.15, 0.2) is 0 Å². The Morgan fingerprint density at radius 2 is 2.04 bits per heavy atom. The van der Waals surface area contributed by atoms with Gasteiger partial charge in [0.25, 0.3) is 0 Å². The Morgan fingerprint density at radius 3 is 2.70 bits per heavy atom. The highest BCUT2D eigenvalue weighted by Crippen LogP contribution is 2.23. The molecule has 0 saturated carbocycles. The number of pyridine rings is 1. The number of aromatic nitrogens is 1. The van der Waals surface area contributed by atoms with Gasteiger partial charge in [-0.3, -0.25) is 4.98 Å². The third-order valence-corrected chi connectivity index (χ3v) is 5.50. The number of benzene rings is 1. The molecule has 0 fully saturated rings. The van der Waals surface area contributed by atoms with Gasteiger partial charge in [-0.05, 0) is 42.7 Å². The third kappa shape index (κ3) is 4.15. The lowest BCUT2D eigenvalue weighted by atomic mass is 10.2. The maximum atomic E-state index is 13.0. The predicted octanol–water partition coefficient (Wildman–Crippen LogP) is 2.80. The summed E-state index contributed by atoms with van der Waals surface area (Å²) in [6.45, 7) is 3.99. The first kappa shape index (κ1) is 17.1. The van der Waals surface area contributed by atoms with Crippen LogP contribution in [0.2, 0.25) is 0 Å². The van der Waals surface area contributed by atoms with Gasteiger partial charge >= 0.3 is 0 Å². The van der Waals surface area contributed by atoms with Crippen molar-refractivity contribution >= 4 is 10.0 Å². The summed E-state index contributed by atoms with van der Waals surface area (Å²) < 4.78 is 27.4. The van der Waals surface area contributed by atoms with Gasteiger partial charge in [0.1, 0.15) is 0 Å². The summed E-state index contributed by atoms with van der Waals surface area (Å²) in [7, 11) is -3.67. The molecule has 1 aromatic heterocycles. The highest BCUT2D eigenvalue weighted by atomic mass is 32.2. The summed E-state index contributed by atoms with van der Waals surface area (Å²) >= 11 is 0. The van der Waals surface area contributed by atoms with Crippen LogP contribution in [0.3, 0.4) is 0 Å². The van der Waals surface area contributed by atoms with E-state index in [1.165, 1.54) is 4.31 Å². The number of aryl methyl sites for hydroxylation is 2. The zero-order chi connectivity index (χ0) is 16.9. The SMILES string of the molecule is Cc1ccc(C)c(S(=O)(=O)N(CCC#N)Cc2cccnc2)c1. The molecule has 0 spiro atoms. The van der Waals surface area contributed by atoms with E-state index in [1.807, 2.05) is 25.1 Å². The number of nitrogens with zero attached hydrogens (tertiary/aromatic N) is 3. The van der Waals surface area contributed by atoms with Crippen LogP contribution >= 0.6 is 0 Å². The van der Waals surface area contributed by atoms with Crippen molar-refractivity contribution in [2.45, 2.75) is 31.7 Å². The van der Waals surface area contributed by atoms with Gasteiger partial charge in [-0.25, -0.2) is 8.42 Å². The zero-order valence-electron chi connectivity index (χ0n) is 13.2. The largest absolute Gasteiger partial charge is 0.264 e. The van der Waals surface area contributed by atoms with Crippen molar-refractivity contribution in [1.82, 2.24) is 9.29 Å². The average molecular weight is 329 g/mol. The molecule has 2 aromatic rings. The van der Waals surface area contributed by atoms with Crippen molar-refractivity contribution in [3.8, 4) is 6.07 Å². The quantitative estimate of drug-likeness (QED) is 0.817. The molecular formula is C17H19N3O2S. The van der Waals surface area contributed by atoms with Crippen molar-refractivity contribution in [2.75, 3.05) is 6.54 Å². The van der Waals surface area contributed by atoms with Crippen LogP contribution in [0, 0.1) is 25.2 Å². The fourth-order valence-electron chi connectivity index (χ4n) is 2.28. The maximum absolute atomic E-state index is 13.0. The molecule has 0 radical (unpaired) electrons. The minimum Gasteiger partial charge on any atom is -0.264 e. The van der Waals surface area contributed by atoms with Gasteiger partial charge in [-0.15, -0.1) is 0 Å². The second-order valence-corrected chi connectivity index (χ2v) is 7.28. The van der Waals surface area contributed by atoms with E-state index in [0.717, 1.165) is 11.1 Å². The molecule has 0 aliphatic rings. The molecule has 2 rings (SSSR count). The molecule has 0 aliphatic heterocycles. The summed E-state index contributed by atoms with van der Waals surface area (Å²) in [5.74, 6) is 0. The molecule has 0 unspecified atom stereocenters. The number of hydrogen-bond donors (Lipinski definition) is 0. The van der Waals surface area contributed by atoms with Crippen molar-refractivity contribution < 1.29 is 8.42 Å². The molecule has 0 saturated heterocycles. The van der Waals surface area contributed by atoms with Crippen LogP contribution in [0.5, 0.6) is 0 Å². The van der Waals surface area contributed by atoms with Gasteiger partial charge < -0.3 is 0 Å². The Kier molecular flexibility index (Phi) is 5.48. The summed E-state index contributed by atoms with van der Waals surface area (Å²) in [6, 6.07) is 11.0. The van der Waals surface area contributed by atoms with Crippen molar-refractivity contribution in [3.05, 3.63) is 59.4 Å². The Morgan fingerprint density at radius 1 is 1.26 bits per heavy atom. The van der Waals surface area contributed by atoms with Crippen LogP contribution in [0.25, 0.3) is 0 Å². The van der Waals surface area contributed by atoms with Gasteiger partial charge in [0.2, 0.25) is 10.0 Å². The van der Waals surface area contributed by atoms with E-state index in [4.69, 9.17) is 5.26 Å². The fraction of sp³-hybridized carbons (Fsp3) is 0.294. The van der Waals surface area contributed by atoms with E-state index in [2.05, 4.69) is 4.98 Å². The Labute approximate surface area is 137 Å². The average Bonchev–Trinajstić information content (AvgIpc) is 2.54. The van der Waals surface area contributed by atoms with E-state index >= 15 is 0 Å². The molecule has 0 bridgehead atoms. The van der Waals surface area contributed by atoms with E-state index in [9.17, 15) is 8.42 Å². The van der Waals surface area contributed by atoms with E-state index in [-0.39, 0.29) is 19.5 Å². The lowest BCUT2D eigenvalue weighted by molar-refractivity contribution is 0.412. The molecule has 1 heterocycles. The molecule has 0 amide bonds. The minimum atomic E-state index is -3.67. The first-order chi connectivity index (χ1) is 10.9. The van der Waals surface area contributed by atoms with Crippen LogP contribution in [-0.2, 0) is 16.6 Å². The number of sulfonamides is 1. The Balaban J connectivity index is 2.40. The smallest absolute Gasteiger partial charge is 0.243 e. The highest BCUT2D eigenvalue weighted by molar-refractivity contribution is 7.89. The number of hydrogen-bond acceptors (Lipinski definition) is 4. The normalized spacial score (nSPS) is 11.4. The van der Waals surface area contributed by atoms with Gasteiger partial charge in [0.05, 0.1) is 11.0 Å². The van der Waals surface area contributed by atoms with Gasteiger partial charge in [-0.1, -0.05) is 18.2 Å². The molecule has 1 aromatic carbocycles. The van der Waals surface area contributed by atoms with E-state index in [0.29, 0.717) is 10.5 Å². The second kappa shape index (κ2) is 7.36. The predicted molar refractivity (Wildman–Crippen MR) is 88.0 cm³/mol. The van der Waals surface area contributed by atoms with Crippen LogP contribution in [0.4, 0.5) is 0 Å². The molecule has 6 heteroatoms. The summed E-state index contributed by atoms with van der Waals surface area (Å²) in [5.41, 5.74) is 2.37. The molecule has 0 N–H and O–H groups in total. The van der Waals surface area contributed by atoms with E-state index < -0.39 is 10.0 Å². The fourth-order valence-corrected chi connectivity index (χ4v) is 4.02. The Hall–Kier alpha value is -2.23. The minimum absolute atomic E-state index is 0.143. The lowest BCUT2D eigenvalue weighted by Crippen LogP contribution is -2.32. The standard InChI is InChI=1S/C17H19N3O2S/c1-14-6-7-15(2)17(11-14)23(21,22)20(10-4-8-18)13-16-5-3-9-19-12-16/h3,5-7,9,11-12H,4,10,13H2,1-2H3. The van der Waals surface area contributed by atoms with Gasteiger partial charge in [0, 0.05) is 31.9 Å². The monoisotopic (exact) mass is 329 g/mol. The van der Waals surface area contributed by atoms with Crippen LogP contribution in [-0.4, -0.2) is 24.3 Å². The summed E-state index contributed by atoms with van der Waals surface area (Å²) in [4.78, 5) is 4.31. The number of rotatable bonds is 6. The van der Waals surface area contributed by atoms with Crippen molar-refractivity contribution in [1.29, 1.82) is 5.26 Å². The van der Waals surface area contributed by atoms with E-state index in [1.54, 1.807) is 37.5 Å². The highest BCUT2D eigenvalue weighted by Gasteiger charge is 2.26. The van der Waals surface area contributed by atoms with Crippen LogP contribution in [0.1, 0.15) is 23.1 Å². The lowest BCUT2D eigenvalue weighted by Gasteiger charge is -2.22. The van der Waals surface area contributed by atoms with Crippen LogP contribution < -0.4 is 0 Å². The van der Waals surface area contributed by atoms with Crippen LogP contribution in [0.15, 0.2) is 47.6 Å². The summed E-state index contributed by atoms with van der Waals surface area (Å²) in [5, 5.41) is 8.83. The first-order valence-electron chi connectivity index (χ1n) is 7.28. The maximum Gasteiger partial charge on any atom is 0.243 e. The molecule has 0 aliphatic carbocycles. The van der Waals surface area contributed by atoms with Gasteiger partial charge in [-0.2, -0.15) is 9.57 Å². The molecule has 23 heavy (non-hydrogen) atoms. The van der Waals surface area contributed by atoms with Crippen molar-refractivity contribution in [2.24, 2.45) is 0 Å². The zero-order valence-corrected chi connectivity index (χ0v) is 14.0. The third-order valence-electron chi connectivity index (χ3n) is 3.52. The molecular weight excluding hydrogens is 310 g/mol. The molecule has 5 nitrogen and oxygen atoms in total. The molecule has 0 atom stereocenters. The van der Waals surface area contributed by atoms with Crippen molar-refractivity contribution in [3.63, 3.8) is 0 Å². The summed E-state index contributed by atoms with van der Waals surface area (Å²) in [6.07, 6.45) is 3.42. The first-order valence-corrected chi connectivity index (χ1v) is 8.72. The second-order valence-electron chi connectivity index (χ2n) is 5.38.